The van der Waals surface area contributed by atoms with Crippen molar-refractivity contribution < 1.29 is 28.6 Å². The van der Waals surface area contributed by atoms with Gasteiger partial charge in [0.05, 0.1) is 0 Å². The number of esters is 3. The third-order valence-electron chi connectivity index (χ3n) is 13.2. The first-order valence-corrected chi connectivity index (χ1v) is 30.4. The fourth-order valence-electron chi connectivity index (χ4n) is 8.71. The van der Waals surface area contributed by atoms with Crippen molar-refractivity contribution in [3.8, 4) is 0 Å². The van der Waals surface area contributed by atoms with Crippen molar-refractivity contribution in [2.24, 2.45) is 0 Å². The molecule has 0 spiro atoms. The quantitative estimate of drug-likeness (QED) is 0.0261. The molecule has 0 aliphatic heterocycles. The van der Waals surface area contributed by atoms with Crippen molar-refractivity contribution in [1.82, 2.24) is 0 Å². The normalized spacial score (nSPS) is 12.5. The molecule has 0 aromatic carbocycles. The van der Waals surface area contributed by atoms with Gasteiger partial charge in [0.1, 0.15) is 13.2 Å². The zero-order valence-electron chi connectivity index (χ0n) is 47.0. The Morgan fingerprint density at radius 2 is 0.549 bits per heavy atom. The average molecular weight is 992 g/mol. The van der Waals surface area contributed by atoms with Gasteiger partial charge < -0.3 is 14.2 Å². The van der Waals surface area contributed by atoms with Gasteiger partial charge in [0.2, 0.25) is 0 Å². The van der Waals surface area contributed by atoms with Crippen molar-refractivity contribution in [2.45, 2.75) is 309 Å². The lowest BCUT2D eigenvalue weighted by Gasteiger charge is -2.18. The minimum Gasteiger partial charge on any atom is -0.462 e. The van der Waals surface area contributed by atoms with Gasteiger partial charge >= 0.3 is 17.9 Å². The van der Waals surface area contributed by atoms with Gasteiger partial charge in [0, 0.05) is 19.3 Å². The number of allylic oxidation sites excluding steroid dienone is 12. The number of unbranched alkanes of at least 4 members (excludes halogenated alkanes) is 32. The summed E-state index contributed by atoms with van der Waals surface area (Å²) >= 11 is 0. The maximum absolute atomic E-state index is 12.9. The molecule has 0 aliphatic carbocycles. The molecule has 0 heterocycles. The third-order valence-corrected chi connectivity index (χ3v) is 13.2. The van der Waals surface area contributed by atoms with Crippen LogP contribution in [0.15, 0.2) is 72.9 Å². The SMILES string of the molecule is CC/C=C\C/C=C\C/C=C\C/C=C\C/C=C\C/C=C\CCC(=O)OC[C@@H](COC(=O)CCCCCCCCCCCCCCCCCC)OC(=O)CCCCCCCCCCCCCCCCCCCC. The standard InChI is InChI=1S/C65H114O6/c1-4-7-10-13-16-19-22-25-28-31-33-35-37-40-43-46-49-52-55-58-64(67)70-61-62(60-69-63(66)57-54-51-48-45-42-39-36-30-27-24-21-18-15-12-9-6-3)71-65(68)59-56-53-50-47-44-41-38-34-32-29-26-23-20-17-14-11-8-5-2/h7,10,16,19,25,28,33,35,40,43,49,52,62H,4-6,8-9,11-15,17-18,20-24,26-27,29-32,34,36-39,41-42,44-48,50-51,53-61H2,1-3H3/b10-7-,19-16-,28-25-,35-33-,43-40-,52-49-/t62-/m1/s1. The van der Waals surface area contributed by atoms with Crippen molar-refractivity contribution in [1.29, 1.82) is 0 Å². The van der Waals surface area contributed by atoms with Gasteiger partial charge in [0.15, 0.2) is 6.10 Å². The summed E-state index contributed by atoms with van der Waals surface area (Å²) in [6, 6.07) is 0. The van der Waals surface area contributed by atoms with Crippen molar-refractivity contribution >= 4 is 17.9 Å². The minimum absolute atomic E-state index is 0.0943. The predicted molar refractivity (Wildman–Crippen MR) is 307 cm³/mol. The van der Waals surface area contributed by atoms with E-state index in [-0.39, 0.29) is 37.5 Å². The highest BCUT2D eigenvalue weighted by molar-refractivity contribution is 5.71. The molecule has 0 radical (unpaired) electrons. The third kappa shape index (κ3) is 57.6. The Morgan fingerprint density at radius 3 is 0.859 bits per heavy atom. The lowest BCUT2D eigenvalue weighted by Crippen LogP contribution is -2.30. The topological polar surface area (TPSA) is 78.9 Å². The molecule has 6 nitrogen and oxygen atoms in total. The molecule has 0 aromatic heterocycles. The van der Waals surface area contributed by atoms with Crippen molar-refractivity contribution in [3.63, 3.8) is 0 Å². The van der Waals surface area contributed by atoms with Crippen LogP contribution >= 0.6 is 0 Å². The summed E-state index contributed by atoms with van der Waals surface area (Å²) in [6.07, 6.45) is 76.2. The highest BCUT2D eigenvalue weighted by atomic mass is 16.6. The molecule has 0 unspecified atom stereocenters. The predicted octanol–water partition coefficient (Wildman–Crippen LogP) is 20.5. The summed E-state index contributed by atoms with van der Waals surface area (Å²) in [5.74, 6) is -0.966. The maximum Gasteiger partial charge on any atom is 0.306 e. The lowest BCUT2D eigenvalue weighted by atomic mass is 10.0. The first-order chi connectivity index (χ1) is 35.0. The van der Waals surface area contributed by atoms with Crippen LogP contribution in [-0.4, -0.2) is 37.2 Å². The van der Waals surface area contributed by atoms with Crippen LogP contribution in [0.4, 0.5) is 0 Å². The molecule has 0 rings (SSSR count). The van der Waals surface area contributed by atoms with Crippen LogP contribution < -0.4 is 0 Å². The fourth-order valence-corrected chi connectivity index (χ4v) is 8.71. The number of rotatable bonds is 55. The van der Waals surface area contributed by atoms with E-state index in [1.54, 1.807) is 0 Å². The molecule has 1 atom stereocenters. The Labute approximate surface area is 440 Å². The molecule has 0 saturated carbocycles. The fraction of sp³-hybridized carbons (Fsp3) is 0.769. The van der Waals surface area contributed by atoms with Gasteiger partial charge in [-0.2, -0.15) is 0 Å². The molecule has 410 valence electrons. The number of hydrogen-bond acceptors (Lipinski definition) is 6. The van der Waals surface area contributed by atoms with E-state index in [2.05, 4.69) is 87.6 Å². The second-order valence-corrected chi connectivity index (χ2v) is 20.2. The zero-order valence-corrected chi connectivity index (χ0v) is 47.0. The summed E-state index contributed by atoms with van der Waals surface area (Å²) in [6.45, 7) is 6.51. The Kier molecular flexibility index (Phi) is 56.8. The van der Waals surface area contributed by atoms with E-state index in [9.17, 15) is 14.4 Å². The van der Waals surface area contributed by atoms with Crippen LogP contribution in [0.3, 0.4) is 0 Å². The van der Waals surface area contributed by atoms with Crippen LogP contribution in [0.5, 0.6) is 0 Å². The molecular weight excluding hydrogens is 877 g/mol. The van der Waals surface area contributed by atoms with E-state index < -0.39 is 6.10 Å². The Morgan fingerprint density at radius 1 is 0.296 bits per heavy atom. The van der Waals surface area contributed by atoms with Gasteiger partial charge in [-0.1, -0.05) is 299 Å². The molecular formula is C65H114O6. The molecule has 71 heavy (non-hydrogen) atoms. The molecule has 0 saturated heterocycles. The maximum atomic E-state index is 12.9. The average Bonchev–Trinajstić information content (AvgIpc) is 3.37. The minimum atomic E-state index is -0.803. The van der Waals surface area contributed by atoms with Gasteiger partial charge in [0.25, 0.3) is 0 Å². The van der Waals surface area contributed by atoms with Gasteiger partial charge in [-0.15, -0.1) is 0 Å². The van der Waals surface area contributed by atoms with Crippen molar-refractivity contribution in [3.05, 3.63) is 72.9 Å². The Bertz CT molecular complexity index is 1320. The molecule has 0 N–H and O–H groups in total. The second-order valence-electron chi connectivity index (χ2n) is 20.2. The van der Waals surface area contributed by atoms with E-state index >= 15 is 0 Å². The van der Waals surface area contributed by atoms with E-state index in [1.165, 1.54) is 180 Å². The molecule has 0 aliphatic rings. The van der Waals surface area contributed by atoms with E-state index in [0.29, 0.717) is 19.3 Å². The van der Waals surface area contributed by atoms with Crippen LogP contribution in [0.2, 0.25) is 0 Å². The van der Waals surface area contributed by atoms with Crippen LogP contribution in [0.25, 0.3) is 0 Å². The van der Waals surface area contributed by atoms with Gasteiger partial charge in [-0.3, -0.25) is 14.4 Å². The van der Waals surface area contributed by atoms with Gasteiger partial charge in [-0.25, -0.2) is 0 Å². The van der Waals surface area contributed by atoms with E-state index in [1.807, 2.05) is 6.08 Å². The molecule has 0 fully saturated rings. The van der Waals surface area contributed by atoms with Crippen LogP contribution in [0.1, 0.15) is 303 Å². The summed E-state index contributed by atoms with van der Waals surface area (Å²) in [4.78, 5) is 38.2. The Hall–Kier alpha value is -3.15. The monoisotopic (exact) mass is 991 g/mol. The summed E-state index contributed by atoms with van der Waals surface area (Å²) in [5.41, 5.74) is 0. The first kappa shape index (κ1) is 67.8. The molecule has 6 heteroatoms. The van der Waals surface area contributed by atoms with Crippen LogP contribution in [-0.2, 0) is 28.6 Å². The Balaban J connectivity index is 4.45. The summed E-state index contributed by atoms with van der Waals surface area (Å²) in [7, 11) is 0. The summed E-state index contributed by atoms with van der Waals surface area (Å²) in [5, 5.41) is 0. The zero-order chi connectivity index (χ0) is 51.4. The molecule has 0 bridgehead atoms. The molecule has 0 aromatic rings. The number of ether oxygens (including phenoxy) is 3. The number of carbonyl (C=O) groups is 3. The van der Waals surface area contributed by atoms with E-state index in [4.69, 9.17) is 14.2 Å². The highest BCUT2D eigenvalue weighted by Gasteiger charge is 2.19. The smallest absolute Gasteiger partial charge is 0.306 e. The summed E-state index contributed by atoms with van der Waals surface area (Å²) < 4.78 is 16.8. The number of hydrogen-bond donors (Lipinski definition) is 0. The molecule has 0 amide bonds. The lowest BCUT2D eigenvalue weighted by molar-refractivity contribution is -0.166. The van der Waals surface area contributed by atoms with Gasteiger partial charge in [-0.05, 0) is 57.8 Å². The largest absolute Gasteiger partial charge is 0.462 e. The van der Waals surface area contributed by atoms with Crippen LogP contribution in [0, 0.1) is 0 Å². The number of carbonyl (C=O) groups excluding carboxylic acids is 3. The highest BCUT2D eigenvalue weighted by Crippen LogP contribution is 2.17. The van der Waals surface area contributed by atoms with Crippen molar-refractivity contribution in [2.75, 3.05) is 13.2 Å². The second kappa shape index (κ2) is 59.4. The first-order valence-electron chi connectivity index (χ1n) is 30.4. The van der Waals surface area contributed by atoms with E-state index in [0.717, 1.165) is 77.0 Å².